The Morgan fingerprint density at radius 2 is 2.43 bits per heavy atom. The Morgan fingerprint density at radius 1 is 1.64 bits per heavy atom. The molecule has 70 valence electrons. The molecule has 0 aliphatic heterocycles. The van der Waals surface area contributed by atoms with Gasteiger partial charge in [0.2, 0.25) is 6.54 Å². The Kier molecular flexibility index (Phi) is 2.28. The van der Waals surface area contributed by atoms with Crippen LogP contribution < -0.4 is 4.57 Å². The second-order valence-corrected chi connectivity index (χ2v) is 3.62. The summed E-state index contributed by atoms with van der Waals surface area (Å²) in [5.41, 5.74) is 0.594. The molecule has 0 radical (unpaired) electrons. The molecule has 1 aliphatic rings. The second kappa shape index (κ2) is 3.59. The summed E-state index contributed by atoms with van der Waals surface area (Å²) in [6.07, 6.45) is 5.61. The van der Waals surface area contributed by atoms with E-state index in [9.17, 15) is 4.79 Å². The molecule has 3 heteroatoms. The van der Waals surface area contributed by atoms with Gasteiger partial charge < -0.3 is 0 Å². The summed E-state index contributed by atoms with van der Waals surface area (Å²) in [6.45, 7) is 0.403. The van der Waals surface area contributed by atoms with Crippen molar-refractivity contribution in [3.05, 3.63) is 30.1 Å². The third kappa shape index (κ3) is 1.97. The van der Waals surface area contributed by atoms with Gasteiger partial charge in [-0.15, -0.1) is 0 Å². The van der Waals surface area contributed by atoms with E-state index in [4.69, 9.17) is 5.26 Å². The van der Waals surface area contributed by atoms with E-state index in [-0.39, 0.29) is 11.7 Å². The summed E-state index contributed by atoms with van der Waals surface area (Å²) in [4.78, 5) is 11.5. The minimum Gasteiger partial charge on any atom is -0.292 e. The first-order valence-electron chi connectivity index (χ1n) is 4.71. The number of carbonyl (C=O) groups is 1. The molecule has 0 spiro atoms. The molecule has 0 unspecified atom stereocenters. The zero-order chi connectivity index (χ0) is 9.97. The maximum atomic E-state index is 11.5. The van der Waals surface area contributed by atoms with Crippen LogP contribution in [0.5, 0.6) is 0 Å². The van der Waals surface area contributed by atoms with Crippen LogP contribution in [0.4, 0.5) is 0 Å². The Hall–Kier alpha value is -1.69. The van der Waals surface area contributed by atoms with Gasteiger partial charge in [-0.3, -0.25) is 4.79 Å². The average Bonchev–Trinajstić information content (AvgIpc) is 3.01. The minimum atomic E-state index is 0.282. The minimum absolute atomic E-state index is 0.282. The largest absolute Gasteiger partial charge is 0.292 e. The summed E-state index contributed by atoms with van der Waals surface area (Å²) >= 11 is 0. The summed E-state index contributed by atoms with van der Waals surface area (Å²) < 4.78 is 1.78. The van der Waals surface area contributed by atoms with Crippen molar-refractivity contribution in [3.8, 4) is 6.07 Å². The van der Waals surface area contributed by atoms with Gasteiger partial charge in [0.15, 0.2) is 18.2 Å². The van der Waals surface area contributed by atoms with Crippen molar-refractivity contribution in [1.82, 2.24) is 0 Å². The zero-order valence-electron chi connectivity index (χ0n) is 7.81. The van der Waals surface area contributed by atoms with Crippen molar-refractivity contribution in [2.24, 2.45) is 5.92 Å². The summed E-state index contributed by atoms with van der Waals surface area (Å²) in [5.74, 6) is 0.568. The topological polar surface area (TPSA) is 44.7 Å². The van der Waals surface area contributed by atoms with E-state index in [1.54, 1.807) is 22.9 Å². The third-order valence-corrected chi connectivity index (χ3v) is 2.36. The molecule has 3 nitrogen and oxygen atoms in total. The molecule has 1 aromatic heterocycles. The molecule has 1 fully saturated rings. The molecule has 1 aliphatic carbocycles. The summed E-state index contributed by atoms with van der Waals surface area (Å²) in [6, 6.07) is 5.58. The van der Waals surface area contributed by atoms with Gasteiger partial charge in [0.1, 0.15) is 11.6 Å². The molecule has 0 bridgehead atoms. The van der Waals surface area contributed by atoms with Crippen LogP contribution in [-0.4, -0.2) is 5.78 Å². The lowest BCUT2D eigenvalue weighted by atomic mass is 10.2. The number of hydrogen-bond acceptors (Lipinski definition) is 2. The van der Waals surface area contributed by atoms with Crippen molar-refractivity contribution in [2.75, 3.05) is 0 Å². The van der Waals surface area contributed by atoms with Crippen LogP contribution in [0.3, 0.4) is 0 Å². The molecule has 0 saturated heterocycles. The number of rotatable bonds is 3. The predicted molar refractivity (Wildman–Crippen MR) is 49.1 cm³/mol. The van der Waals surface area contributed by atoms with E-state index in [0.717, 1.165) is 12.8 Å². The van der Waals surface area contributed by atoms with Crippen LogP contribution in [0.2, 0.25) is 0 Å². The first-order valence-corrected chi connectivity index (χ1v) is 4.71. The molecule has 0 aromatic carbocycles. The Labute approximate surface area is 82.6 Å². The highest BCUT2D eigenvalue weighted by Gasteiger charge is 2.31. The van der Waals surface area contributed by atoms with Gasteiger partial charge in [-0.2, -0.15) is 9.83 Å². The number of carbonyl (C=O) groups excluding carboxylic acids is 1. The normalized spacial score (nSPS) is 14.8. The first kappa shape index (κ1) is 8.89. The predicted octanol–water partition coefficient (Wildman–Crippen LogP) is 0.825. The van der Waals surface area contributed by atoms with Crippen molar-refractivity contribution >= 4 is 5.78 Å². The van der Waals surface area contributed by atoms with Crippen LogP contribution in [-0.2, 0) is 11.3 Å². The maximum absolute atomic E-state index is 11.5. The van der Waals surface area contributed by atoms with Crippen LogP contribution in [0, 0.1) is 17.2 Å². The standard InChI is InChI=1S/C11H11N2O/c12-6-9-2-1-5-13(7-9)8-11(14)10-3-4-10/h1-2,5,7,10H,3-4,8H2/q+1. The first-order chi connectivity index (χ1) is 6.79. The van der Waals surface area contributed by atoms with Gasteiger partial charge in [0.25, 0.3) is 0 Å². The van der Waals surface area contributed by atoms with Crippen LogP contribution in [0.25, 0.3) is 0 Å². The monoisotopic (exact) mass is 187 g/mol. The highest BCUT2D eigenvalue weighted by molar-refractivity contribution is 5.81. The number of pyridine rings is 1. The highest BCUT2D eigenvalue weighted by Crippen LogP contribution is 2.29. The molecule has 0 amide bonds. The van der Waals surface area contributed by atoms with Crippen molar-refractivity contribution in [2.45, 2.75) is 19.4 Å². The van der Waals surface area contributed by atoms with Crippen LogP contribution in [0.15, 0.2) is 24.5 Å². The third-order valence-electron chi connectivity index (χ3n) is 2.36. The van der Waals surface area contributed by atoms with E-state index in [2.05, 4.69) is 6.07 Å². The Balaban J connectivity index is 2.08. The Morgan fingerprint density at radius 3 is 3.07 bits per heavy atom. The molecule has 2 rings (SSSR count). The van der Waals surface area contributed by atoms with E-state index in [0.29, 0.717) is 12.1 Å². The summed E-state index contributed by atoms with van der Waals surface area (Å²) in [5, 5.41) is 8.67. The van der Waals surface area contributed by atoms with E-state index in [1.807, 2.05) is 6.20 Å². The lowest BCUT2D eigenvalue weighted by molar-refractivity contribution is -0.684. The lowest BCUT2D eigenvalue weighted by Gasteiger charge is -1.94. The molecule has 0 N–H and O–H groups in total. The Bertz CT molecular complexity index is 402. The molecule has 1 heterocycles. The number of hydrogen-bond donors (Lipinski definition) is 0. The van der Waals surface area contributed by atoms with Gasteiger partial charge in [-0.25, -0.2) is 0 Å². The van der Waals surface area contributed by atoms with Gasteiger partial charge >= 0.3 is 0 Å². The lowest BCUT2D eigenvalue weighted by Crippen LogP contribution is -2.38. The van der Waals surface area contributed by atoms with Crippen molar-refractivity contribution in [3.63, 3.8) is 0 Å². The molecule has 0 atom stereocenters. The zero-order valence-corrected chi connectivity index (χ0v) is 7.81. The fourth-order valence-corrected chi connectivity index (χ4v) is 1.40. The fraction of sp³-hybridized carbons (Fsp3) is 0.364. The molecular formula is C11H11N2O+. The number of Topliss-reactive ketones (excluding diaryl/α,β-unsaturated/α-hetero) is 1. The van der Waals surface area contributed by atoms with Gasteiger partial charge in [-0.05, 0) is 18.9 Å². The number of nitrogens with zero attached hydrogens (tertiary/aromatic N) is 2. The molecular weight excluding hydrogens is 176 g/mol. The van der Waals surface area contributed by atoms with E-state index < -0.39 is 0 Å². The van der Waals surface area contributed by atoms with Gasteiger partial charge in [0, 0.05) is 12.0 Å². The van der Waals surface area contributed by atoms with Crippen molar-refractivity contribution in [1.29, 1.82) is 5.26 Å². The molecule has 1 aromatic rings. The number of ketones is 1. The SMILES string of the molecule is N#Cc1ccc[n+](CC(=O)C2CC2)c1. The van der Waals surface area contributed by atoms with Gasteiger partial charge in [0.05, 0.1) is 0 Å². The smallest absolute Gasteiger partial charge is 0.206 e. The fourth-order valence-electron chi connectivity index (χ4n) is 1.40. The molecule has 14 heavy (non-hydrogen) atoms. The molecule has 1 saturated carbocycles. The number of nitriles is 1. The van der Waals surface area contributed by atoms with E-state index >= 15 is 0 Å². The van der Waals surface area contributed by atoms with Gasteiger partial charge in [-0.1, -0.05) is 0 Å². The second-order valence-electron chi connectivity index (χ2n) is 3.62. The quantitative estimate of drug-likeness (QED) is 0.658. The maximum Gasteiger partial charge on any atom is 0.206 e. The highest BCUT2D eigenvalue weighted by atomic mass is 16.1. The average molecular weight is 187 g/mol. The van der Waals surface area contributed by atoms with Crippen molar-refractivity contribution < 1.29 is 9.36 Å². The van der Waals surface area contributed by atoms with Crippen LogP contribution >= 0.6 is 0 Å². The van der Waals surface area contributed by atoms with E-state index in [1.165, 1.54) is 0 Å². The van der Waals surface area contributed by atoms with Crippen LogP contribution in [0.1, 0.15) is 18.4 Å². The number of aromatic nitrogens is 1. The summed E-state index contributed by atoms with van der Waals surface area (Å²) in [7, 11) is 0.